The maximum atomic E-state index is 13.3. The van der Waals surface area contributed by atoms with Gasteiger partial charge in [-0.05, 0) is 47.1 Å². The third-order valence-electron chi connectivity index (χ3n) is 2.58. The minimum Gasteiger partial charge on any atom is -0.311 e. The normalized spacial score (nSPS) is 10.9. The molecule has 0 saturated carbocycles. The van der Waals surface area contributed by atoms with Crippen LogP contribution in [0.25, 0.3) is 5.69 Å². The highest BCUT2D eigenvalue weighted by atomic mass is 79.9. The predicted molar refractivity (Wildman–Crippen MR) is 71.1 cm³/mol. The molecule has 18 heavy (non-hydrogen) atoms. The molecule has 0 saturated heterocycles. The summed E-state index contributed by atoms with van der Waals surface area (Å²) in [5.74, 6) is -0.274. The highest BCUT2D eigenvalue weighted by molar-refractivity contribution is 9.10. The zero-order valence-corrected chi connectivity index (χ0v) is 11.8. The number of benzene rings is 1. The molecule has 4 nitrogen and oxygen atoms in total. The molecule has 6 heteroatoms. The predicted octanol–water partition coefficient (Wildman–Crippen LogP) is 2.59. The van der Waals surface area contributed by atoms with Gasteiger partial charge in [0.15, 0.2) is 0 Å². The summed E-state index contributed by atoms with van der Waals surface area (Å²) in [6.07, 6.45) is 1.84. The Bertz CT molecular complexity index is 553. The number of rotatable bonds is 4. The van der Waals surface area contributed by atoms with Crippen LogP contribution in [0.15, 0.2) is 22.8 Å². The molecule has 0 bridgehead atoms. The molecule has 1 heterocycles. The van der Waals surface area contributed by atoms with Gasteiger partial charge in [0.25, 0.3) is 0 Å². The number of nitrogens with one attached hydrogen (secondary N) is 1. The van der Waals surface area contributed by atoms with E-state index >= 15 is 0 Å². The standard InChI is InChI=1S/C12H14BrFN4/c1-3-15-6-9-7-18(17-16-9)12-5-10(13)11(14)4-8(12)2/h4-5,7,15H,3,6H2,1-2H3. The Morgan fingerprint density at radius 2 is 2.22 bits per heavy atom. The van der Waals surface area contributed by atoms with Crippen LogP contribution in [0.5, 0.6) is 0 Å². The smallest absolute Gasteiger partial charge is 0.137 e. The third-order valence-corrected chi connectivity index (χ3v) is 3.19. The van der Waals surface area contributed by atoms with Gasteiger partial charge >= 0.3 is 0 Å². The van der Waals surface area contributed by atoms with E-state index < -0.39 is 0 Å². The summed E-state index contributed by atoms with van der Waals surface area (Å²) in [7, 11) is 0. The molecular formula is C12H14BrFN4. The van der Waals surface area contributed by atoms with Gasteiger partial charge in [0.2, 0.25) is 0 Å². The molecule has 1 aromatic heterocycles. The summed E-state index contributed by atoms with van der Waals surface area (Å²) in [6, 6.07) is 3.18. The number of aromatic nitrogens is 3. The van der Waals surface area contributed by atoms with Crippen molar-refractivity contribution in [2.24, 2.45) is 0 Å². The Balaban J connectivity index is 2.31. The molecule has 96 valence electrons. The van der Waals surface area contributed by atoms with E-state index in [4.69, 9.17) is 0 Å². The molecule has 0 aliphatic carbocycles. The Morgan fingerprint density at radius 1 is 1.44 bits per heavy atom. The zero-order valence-electron chi connectivity index (χ0n) is 10.2. The average molecular weight is 313 g/mol. The lowest BCUT2D eigenvalue weighted by molar-refractivity contribution is 0.618. The van der Waals surface area contributed by atoms with Crippen molar-refractivity contribution in [1.29, 1.82) is 0 Å². The minimum absolute atomic E-state index is 0.274. The first-order valence-electron chi connectivity index (χ1n) is 5.69. The molecule has 0 radical (unpaired) electrons. The molecule has 0 atom stereocenters. The van der Waals surface area contributed by atoms with Crippen LogP contribution in [0, 0.1) is 12.7 Å². The van der Waals surface area contributed by atoms with Crippen LogP contribution >= 0.6 is 15.9 Å². The molecule has 0 aliphatic heterocycles. The Morgan fingerprint density at radius 3 is 2.94 bits per heavy atom. The third kappa shape index (κ3) is 2.76. The number of aryl methyl sites for hydroxylation is 1. The molecule has 0 aliphatic rings. The maximum Gasteiger partial charge on any atom is 0.137 e. The van der Waals surface area contributed by atoms with E-state index in [9.17, 15) is 4.39 Å². The molecule has 0 amide bonds. The van der Waals surface area contributed by atoms with Gasteiger partial charge in [-0.1, -0.05) is 12.1 Å². The van der Waals surface area contributed by atoms with Gasteiger partial charge in [-0.15, -0.1) is 5.10 Å². The number of halogens is 2. The van der Waals surface area contributed by atoms with Crippen LogP contribution in [0.4, 0.5) is 4.39 Å². The summed E-state index contributed by atoms with van der Waals surface area (Å²) >= 11 is 3.18. The van der Waals surface area contributed by atoms with Crippen LogP contribution in [-0.4, -0.2) is 21.5 Å². The summed E-state index contributed by atoms with van der Waals surface area (Å²) in [5, 5.41) is 11.3. The van der Waals surface area contributed by atoms with E-state index in [0.29, 0.717) is 11.0 Å². The van der Waals surface area contributed by atoms with E-state index in [1.165, 1.54) is 6.07 Å². The molecule has 1 N–H and O–H groups in total. The van der Waals surface area contributed by atoms with Crippen molar-refractivity contribution in [2.45, 2.75) is 20.4 Å². The highest BCUT2D eigenvalue weighted by Crippen LogP contribution is 2.22. The van der Waals surface area contributed by atoms with Crippen molar-refractivity contribution in [2.75, 3.05) is 6.54 Å². The van der Waals surface area contributed by atoms with E-state index in [2.05, 4.69) is 31.6 Å². The van der Waals surface area contributed by atoms with Crippen LogP contribution in [0.2, 0.25) is 0 Å². The molecule has 2 rings (SSSR count). The van der Waals surface area contributed by atoms with Crippen LogP contribution in [0.1, 0.15) is 18.2 Å². The second kappa shape index (κ2) is 5.58. The lowest BCUT2D eigenvalue weighted by atomic mass is 10.2. The Labute approximate surface area is 113 Å². The fraction of sp³-hybridized carbons (Fsp3) is 0.333. The summed E-state index contributed by atoms with van der Waals surface area (Å²) in [6.45, 7) is 5.44. The van der Waals surface area contributed by atoms with Crippen molar-refractivity contribution >= 4 is 15.9 Å². The maximum absolute atomic E-state index is 13.3. The topological polar surface area (TPSA) is 42.7 Å². The quantitative estimate of drug-likeness (QED) is 0.943. The van der Waals surface area contributed by atoms with Gasteiger partial charge in [0.05, 0.1) is 22.1 Å². The van der Waals surface area contributed by atoms with Crippen molar-refractivity contribution in [3.05, 3.63) is 39.9 Å². The van der Waals surface area contributed by atoms with E-state index in [1.807, 2.05) is 20.0 Å². The van der Waals surface area contributed by atoms with Crippen LogP contribution in [0.3, 0.4) is 0 Å². The van der Waals surface area contributed by atoms with Gasteiger partial charge < -0.3 is 5.32 Å². The van der Waals surface area contributed by atoms with Crippen LogP contribution < -0.4 is 5.32 Å². The molecule has 0 fully saturated rings. The lowest BCUT2D eigenvalue weighted by Crippen LogP contribution is -2.11. The molecule has 1 aromatic carbocycles. The van der Waals surface area contributed by atoms with E-state index in [0.717, 1.165) is 23.5 Å². The molecule has 2 aromatic rings. The SMILES string of the molecule is CCNCc1cn(-c2cc(Br)c(F)cc2C)nn1. The molecule has 0 unspecified atom stereocenters. The second-order valence-electron chi connectivity index (χ2n) is 3.99. The first kappa shape index (κ1) is 13.2. The number of nitrogens with zero attached hydrogens (tertiary/aromatic N) is 3. The molecular weight excluding hydrogens is 299 g/mol. The Hall–Kier alpha value is -1.27. The average Bonchev–Trinajstić information content (AvgIpc) is 2.79. The number of hydrogen-bond donors (Lipinski definition) is 1. The van der Waals surface area contributed by atoms with Gasteiger partial charge in [-0.25, -0.2) is 9.07 Å². The van der Waals surface area contributed by atoms with Crippen molar-refractivity contribution in [3.8, 4) is 5.69 Å². The number of hydrogen-bond acceptors (Lipinski definition) is 3. The lowest BCUT2D eigenvalue weighted by Gasteiger charge is -2.06. The van der Waals surface area contributed by atoms with Gasteiger partial charge in [0, 0.05) is 6.54 Å². The second-order valence-corrected chi connectivity index (χ2v) is 4.84. The van der Waals surface area contributed by atoms with Crippen LogP contribution in [-0.2, 0) is 6.54 Å². The largest absolute Gasteiger partial charge is 0.311 e. The first-order valence-corrected chi connectivity index (χ1v) is 6.49. The van der Waals surface area contributed by atoms with Gasteiger partial charge in [-0.3, -0.25) is 0 Å². The monoisotopic (exact) mass is 312 g/mol. The molecule has 0 spiro atoms. The fourth-order valence-electron chi connectivity index (χ4n) is 1.63. The Kier molecular flexibility index (Phi) is 4.08. The van der Waals surface area contributed by atoms with Crippen molar-refractivity contribution in [1.82, 2.24) is 20.3 Å². The van der Waals surface area contributed by atoms with E-state index in [-0.39, 0.29) is 5.82 Å². The highest BCUT2D eigenvalue weighted by Gasteiger charge is 2.09. The summed E-state index contributed by atoms with van der Waals surface area (Å²) in [5.41, 5.74) is 2.49. The summed E-state index contributed by atoms with van der Waals surface area (Å²) in [4.78, 5) is 0. The van der Waals surface area contributed by atoms with Gasteiger partial charge in [-0.2, -0.15) is 0 Å². The minimum atomic E-state index is -0.274. The summed E-state index contributed by atoms with van der Waals surface area (Å²) < 4.78 is 15.4. The van der Waals surface area contributed by atoms with Crippen molar-refractivity contribution in [3.63, 3.8) is 0 Å². The van der Waals surface area contributed by atoms with E-state index in [1.54, 1.807) is 10.7 Å². The van der Waals surface area contributed by atoms with Gasteiger partial charge in [0.1, 0.15) is 5.82 Å². The van der Waals surface area contributed by atoms with Crippen molar-refractivity contribution < 1.29 is 4.39 Å². The first-order chi connectivity index (χ1) is 8.61. The fourth-order valence-corrected chi connectivity index (χ4v) is 1.96. The zero-order chi connectivity index (χ0) is 13.1.